The molecule has 9 heteroatoms. The van der Waals surface area contributed by atoms with Crippen LogP contribution < -0.4 is 4.90 Å². The maximum atomic E-state index is 12.9. The van der Waals surface area contributed by atoms with Gasteiger partial charge in [0.25, 0.3) is 0 Å². The first-order valence-corrected chi connectivity index (χ1v) is 9.41. The molecule has 0 aliphatic carbocycles. The summed E-state index contributed by atoms with van der Waals surface area (Å²) in [5.41, 5.74) is 0. The van der Waals surface area contributed by atoms with Crippen molar-refractivity contribution in [3.05, 3.63) is 18.5 Å². The first-order valence-electron chi connectivity index (χ1n) is 9.41. The lowest BCUT2D eigenvalue weighted by atomic mass is 10.2. The number of rotatable bonds is 5. The SMILES string of the molecule is COCC(=O)N1CCN(C(C)C(=O)N2CCN(c3ncccn3)CC2)CC1. The van der Waals surface area contributed by atoms with E-state index in [1.807, 2.05) is 11.8 Å². The highest BCUT2D eigenvalue weighted by Crippen LogP contribution is 2.14. The summed E-state index contributed by atoms with van der Waals surface area (Å²) >= 11 is 0. The molecule has 148 valence electrons. The van der Waals surface area contributed by atoms with Gasteiger partial charge < -0.3 is 19.4 Å². The van der Waals surface area contributed by atoms with E-state index in [1.165, 1.54) is 7.11 Å². The second-order valence-electron chi connectivity index (χ2n) is 6.89. The van der Waals surface area contributed by atoms with E-state index in [2.05, 4.69) is 19.8 Å². The molecule has 9 nitrogen and oxygen atoms in total. The fourth-order valence-corrected chi connectivity index (χ4v) is 3.58. The molecule has 0 aromatic carbocycles. The Morgan fingerprint density at radius 1 is 1.00 bits per heavy atom. The zero-order valence-electron chi connectivity index (χ0n) is 16.1. The van der Waals surface area contributed by atoms with Crippen molar-refractivity contribution in [3.63, 3.8) is 0 Å². The van der Waals surface area contributed by atoms with Crippen LogP contribution in [0.3, 0.4) is 0 Å². The fourth-order valence-electron chi connectivity index (χ4n) is 3.58. The van der Waals surface area contributed by atoms with Crippen LogP contribution in [0.15, 0.2) is 18.5 Å². The Bertz CT molecular complexity index is 627. The van der Waals surface area contributed by atoms with Gasteiger partial charge in [-0.1, -0.05) is 0 Å². The summed E-state index contributed by atoms with van der Waals surface area (Å²) in [6, 6.07) is 1.62. The van der Waals surface area contributed by atoms with Gasteiger partial charge in [0, 0.05) is 71.9 Å². The maximum Gasteiger partial charge on any atom is 0.248 e. The Morgan fingerprint density at radius 3 is 2.19 bits per heavy atom. The monoisotopic (exact) mass is 376 g/mol. The van der Waals surface area contributed by atoms with Crippen molar-refractivity contribution in [1.82, 2.24) is 24.7 Å². The molecule has 2 amide bonds. The highest BCUT2D eigenvalue weighted by Gasteiger charge is 2.31. The van der Waals surface area contributed by atoms with Crippen molar-refractivity contribution in [2.24, 2.45) is 0 Å². The summed E-state index contributed by atoms with van der Waals surface area (Å²) in [5, 5.41) is 0. The highest BCUT2D eigenvalue weighted by atomic mass is 16.5. The van der Waals surface area contributed by atoms with Crippen molar-refractivity contribution in [2.75, 3.05) is 71.0 Å². The van der Waals surface area contributed by atoms with Crippen molar-refractivity contribution in [1.29, 1.82) is 0 Å². The number of ether oxygens (including phenoxy) is 1. The van der Waals surface area contributed by atoms with E-state index in [0.717, 1.165) is 19.0 Å². The molecule has 1 unspecified atom stereocenters. The number of nitrogens with zero attached hydrogens (tertiary/aromatic N) is 6. The molecule has 27 heavy (non-hydrogen) atoms. The van der Waals surface area contributed by atoms with E-state index >= 15 is 0 Å². The molecule has 0 N–H and O–H groups in total. The van der Waals surface area contributed by atoms with Gasteiger partial charge in [0.1, 0.15) is 6.61 Å². The predicted molar refractivity (Wildman–Crippen MR) is 100 cm³/mol. The van der Waals surface area contributed by atoms with Gasteiger partial charge in [-0.25, -0.2) is 9.97 Å². The van der Waals surface area contributed by atoms with Crippen LogP contribution in [0.1, 0.15) is 6.92 Å². The lowest BCUT2D eigenvalue weighted by Crippen LogP contribution is -2.58. The van der Waals surface area contributed by atoms with Crippen molar-refractivity contribution in [3.8, 4) is 0 Å². The minimum atomic E-state index is -0.177. The summed E-state index contributed by atoms with van der Waals surface area (Å²) in [4.78, 5) is 41.3. The Hall–Kier alpha value is -2.26. The molecule has 0 radical (unpaired) electrons. The van der Waals surface area contributed by atoms with Gasteiger partial charge in [-0.3, -0.25) is 14.5 Å². The molecule has 3 heterocycles. The summed E-state index contributed by atoms with van der Waals surface area (Å²) in [7, 11) is 1.53. The molecule has 2 saturated heterocycles. The number of hydrogen-bond acceptors (Lipinski definition) is 7. The quantitative estimate of drug-likeness (QED) is 0.672. The van der Waals surface area contributed by atoms with E-state index in [0.29, 0.717) is 39.3 Å². The molecule has 2 fully saturated rings. The molecule has 0 saturated carbocycles. The van der Waals surface area contributed by atoms with E-state index in [4.69, 9.17) is 4.74 Å². The highest BCUT2D eigenvalue weighted by molar-refractivity contribution is 5.82. The van der Waals surface area contributed by atoms with Crippen LogP contribution in [0, 0.1) is 0 Å². The molecule has 2 aliphatic heterocycles. The van der Waals surface area contributed by atoms with Crippen LogP contribution in [0.5, 0.6) is 0 Å². The van der Waals surface area contributed by atoms with E-state index in [-0.39, 0.29) is 24.5 Å². The largest absolute Gasteiger partial charge is 0.375 e. The summed E-state index contributed by atoms with van der Waals surface area (Å²) in [5.74, 6) is 0.880. The fraction of sp³-hybridized carbons (Fsp3) is 0.667. The zero-order chi connectivity index (χ0) is 19.2. The second kappa shape index (κ2) is 9.09. The van der Waals surface area contributed by atoms with Crippen LogP contribution in [-0.2, 0) is 14.3 Å². The van der Waals surface area contributed by atoms with Crippen molar-refractivity contribution in [2.45, 2.75) is 13.0 Å². The van der Waals surface area contributed by atoms with E-state index in [9.17, 15) is 9.59 Å². The maximum absolute atomic E-state index is 12.9. The first-order chi connectivity index (χ1) is 13.1. The standard InChI is InChI=1S/C18H28N6O3/c1-15(21-6-8-22(9-7-21)16(25)14-27-2)17(26)23-10-12-24(13-11-23)18-19-4-3-5-20-18/h3-5,15H,6-14H2,1-2H3. The third-order valence-corrected chi connectivity index (χ3v) is 5.27. The van der Waals surface area contributed by atoms with E-state index < -0.39 is 0 Å². The molecule has 1 atom stereocenters. The van der Waals surface area contributed by atoms with Crippen molar-refractivity contribution >= 4 is 17.8 Å². The molecule has 1 aromatic heterocycles. The number of carbonyl (C=O) groups is 2. The molecule has 0 spiro atoms. The zero-order valence-corrected chi connectivity index (χ0v) is 16.1. The van der Waals surface area contributed by atoms with Crippen LogP contribution >= 0.6 is 0 Å². The van der Waals surface area contributed by atoms with Crippen molar-refractivity contribution < 1.29 is 14.3 Å². The average molecular weight is 376 g/mol. The number of amides is 2. The topological polar surface area (TPSA) is 82.1 Å². The van der Waals surface area contributed by atoms with Gasteiger partial charge in [-0.2, -0.15) is 0 Å². The van der Waals surface area contributed by atoms with Crippen LogP contribution in [-0.4, -0.2) is 109 Å². The summed E-state index contributed by atoms with van der Waals surface area (Å²) < 4.78 is 4.91. The third kappa shape index (κ3) is 4.72. The minimum absolute atomic E-state index is 0.00961. The number of carbonyl (C=O) groups excluding carboxylic acids is 2. The van der Waals surface area contributed by atoms with Gasteiger partial charge in [0.2, 0.25) is 17.8 Å². The second-order valence-corrected chi connectivity index (χ2v) is 6.89. The smallest absolute Gasteiger partial charge is 0.248 e. The Labute approximate surface area is 159 Å². The third-order valence-electron chi connectivity index (χ3n) is 5.27. The first kappa shape index (κ1) is 19.5. The number of aromatic nitrogens is 2. The molecular weight excluding hydrogens is 348 g/mol. The Balaban J connectivity index is 1.47. The normalized spacial score (nSPS) is 19.9. The molecule has 2 aliphatic rings. The van der Waals surface area contributed by atoms with Crippen LogP contribution in [0.4, 0.5) is 5.95 Å². The number of methoxy groups -OCH3 is 1. The number of piperazine rings is 2. The molecule has 1 aromatic rings. The van der Waals surface area contributed by atoms with Gasteiger partial charge in [-0.15, -0.1) is 0 Å². The van der Waals surface area contributed by atoms with Crippen LogP contribution in [0.2, 0.25) is 0 Å². The lowest BCUT2D eigenvalue weighted by Gasteiger charge is -2.41. The average Bonchev–Trinajstić information content (AvgIpc) is 2.74. The number of anilines is 1. The van der Waals surface area contributed by atoms with Gasteiger partial charge in [0.15, 0.2) is 0 Å². The van der Waals surface area contributed by atoms with Gasteiger partial charge >= 0.3 is 0 Å². The Kier molecular flexibility index (Phi) is 6.57. The van der Waals surface area contributed by atoms with Gasteiger partial charge in [-0.05, 0) is 13.0 Å². The molecule has 3 rings (SSSR count). The Morgan fingerprint density at radius 2 is 1.59 bits per heavy atom. The summed E-state index contributed by atoms with van der Waals surface area (Å²) in [6.07, 6.45) is 3.47. The molecule has 0 bridgehead atoms. The lowest BCUT2D eigenvalue weighted by molar-refractivity contribution is -0.140. The minimum Gasteiger partial charge on any atom is -0.375 e. The van der Waals surface area contributed by atoms with Gasteiger partial charge in [0.05, 0.1) is 6.04 Å². The number of hydrogen-bond donors (Lipinski definition) is 0. The van der Waals surface area contributed by atoms with E-state index in [1.54, 1.807) is 23.4 Å². The van der Waals surface area contributed by atoms with Crippen LogP contribution in [0.25, 0.3) is 0 Å². The predicted octanol–water partition coefficient (Wildman–Crippen LogP) is -0.696. The summed E-state index contributed by atoms with van der Waals surface area (Å²) in [6.45, 7) is 7.59. The molecular formula is C18H28N6O3.